The van der Waals surface area contributed by atoms with Crippen LogP contribution in [0.15, 0.2) is 12.4 Å². The van der Waals surface area contributed by atoms with E-state index in [1.807, 2.05) is 19.4 Å². The van der Waals surface area contributed by atoms with Crippen LogP contribution in [0.3, 0.4) is 0 Å². The predicted octanol–water partition coefficient (Wildman–Crippen LogP) is 1.82. The van der Waals surface area contributed by atoms with Gasteiger partial charge in [-0.1, -0.05) is 13.8 Å². The second-order valence-electron chi connectivity index (χ2n) is 5.61. The van der Waals surface area contributed by atoms with Crippen molar-refractivity contribution in [3.63, 3.8) is 0 Å². The molecule has 17 heavy (non-hydrogen) atoms. The van der Waals surface area contributed by atoms with Crippen LogP contribution in [0.2, 0.25) is 0 Å². The van der Waals surface area contributed by atoms with Gasteiger partial charge in [0, 0.05) is 37.6 Å². The van der Waals surface area contributed by atoms with Crippen molar-refractivity contribution in [2.75, 3.05) is 25.0 Å². The Morgan fingerprint density at radius 1 is 1.35 bits per heavy atom. The molecule has 1 N–H and O–H groups in total. The van der Waals surface area contributed by atoms with E-state index in [1.165, 1.54) is 12.8 Å². The summed E-state index contributed by atoms with van der Waals surface area (Å²) in [6.45, 7) is 7.59. The molecule has 1 aliphatic rings. The van der Waals surface area contributed by atoms with Crippen LogP contribution in [0.1, 0.15) is 32.3 Å². The molecule has 1 saturated heterocycles. The Kier molecular flexibility index (Phi) is 3.62. The van der Waals surface area contributed by atoms with Crippen molar-refractivity contribution in [3.05, 3.63) is 18.0 Å². The number of piperidine rings is 1. The van der Waals surface area contributed by atoms with Gasteiger partial charge in [-0.05, 0) is 25.3 Å². The molecular formula is C13H22N4. The summed E-state index contributed by atoms with van der Waals surface area (Å²) in [4.78, 5) is 11.2. The van der Waals surface area contributed by atoms with Gasteiger partial charge in [0.15, 0.2) is 0 Å². The highest BCUT2D eigenvalue weighted by molar-refractivity contribution is 5.31. The summed E-state index contributed by atoms with van der Waals surface area (Å²) in [6.07, 6.45) is 6.36. The van der Waals surface area contributed by atoms with E-state index in [0.717, 1.165) is 31.1 Å². The van der Waals surface area contributed by atoms with Crippen molar-refractivity contribution in [1.82, 2.24) is 15.3 Å². The van der Waals surface area contributed by atoms with Gasteiger partial charge in [0.25, 0.3) is 0 Å². The molecular weight excluding hydrogens is 212 g/mol. The van der Waals surface area contributed by atoms with E-state index in [0.29, 0.717) is 5.41 Å². The Morgan fingerprint density at radius 2 is 2.06 bits per heavy atom. The standard InChI is InChI=1S/C13H22N4/c1-13(2)5-4-6-17(10-13)12-15-8-11(7-14-3)9-16-12/h8-9,14H,4-7,10H2,1-3H3. The summed E-state index contributed by atoms with van der Waals surface area (Å²) in [5.41, 5.74) is 1.51. The summed E-state index contributed by atoms with van der Waals surface area (Å²) < 4.78 is 0. The quantitative estimate of drug-likeness (QED) is 0.866. The van der Waals surface area contributed by atoms with E-state index in [4.69, 9.17) is 0 Å². The Balaban J connectivity index is 2.06. The molecule has 0 aliphatic carbocycles. The van der Waals surface area contributed by atoms with E-state index in [2.05, 4.69) is 34.0 Å². The van der Waals surface area contributed by atoms with Crippen molar-refractivity contribution in [1.29, 1.82) is 0 Å². The first-order valence-electron chi connectivity index (χ1n) is 6.31. The van der Waals surface area contributed by atoms with Crippen LogP contribution in [0.4, 0.5) is 5.95 Å². The molecule has 0 unspecified atom stereocenters. The van der Waals surface area contributed by atoms with E-state index < -0.39 is 0 Å². The smallest absolute Gasteiger partial charge is 0.225 e. The molecule has 0 radical (unpaired) electrons. The lowest BCUT2D eigenvalue weighted by Gasteiger charge is -2.38. The molecule has 0 bridgehead atoms. The number of nitrogens with one attached hydrogen (secondary N) is 1. The van der Waals surface area contributed by atoms with Gasteiger partial charge in [0.1, 0.15) is 0 Å². The van der Waals surface area contributed by atoms with Gasteiger partial charge in [0.2, 0.25) is 5.95 Å². The predicted molar refractivity (Wildman–Crippen MR) is 70.0 cm³/mol. The third-order valence-corrected chi connectivity index (χ3v) is 3.26. The average molecular weight is 234 g/mol. The molecule has 0 saturated carbocycles. The molecule has 0 atom stereocenters. The van der Waals surface area contributed by atoms with Crippen LogP contribution < -0.4 is 10.2 Å². The zero-order valence-corrected chi connectivity index (χ0v) is 11.0. The van der Waals surface area contributed by atoms with Crippen LogP contribution in [-0.4, -0.2) is 30.1 Å². The van der Waals surface area contributed by atoms with Crippen molar-refractivity contribution < 1.29 is 0 Å². The van der Waals surface area contributed by atoms with Crippen LogP contribution in [0.5, 0.6) is 0 Å². The fourth-order valence-corrected chi connectivity index (χ4v) is 2.40. The minimum absolute atomic E-state index is 0.380. The van der Waals surface area contributed by atoms with Gasteiger partial charge in [-0.25, -0.2) is 9.97 Å². The molecule has 1 aromatic rings. The molecule has 94 valence electrons. The van der Waals surface area contributed by atoms with Gasteiger partial charge in [-0.2, -0.15) is 0 Å². The zero-order chi connectivity index (χ0) is 12.3. The summed E-state index contributed by atoms with van der Waals surface area (Å²) in [5.74, 6) is 0.873. The lowest BCUT2D eigenvalue weighted by molar-refractivity contribution is 0.291. The molecule has 1 aromatic heterocycles. The van der Waals surface area contributed by atoms with E-state index in [1.54, 1.807) is 0 Å². The summed E-state index contributed by atoms with van der Waals surface area (Å²) in [7, 11) is 1.93. The molecule has 4 nitrogen and oxygen atoms in total. The topological polar surface area (TPSA) is 41.1 Å². The number of hydrogen-bond acceptors (Lipinski definition) is 4. The SMILES string of the molecule is CNCc1cnc(N2CCCC(C)(C)C2)nc1. The van der Waals surface area contributed by atoms with Gasteiger partial charge in [0.05, 0.1) is 0 Å². The highest BCUT2D eigenvalue weighted by Crippen LogP contribution is 2.29. The normalized spacial score (nSPS) is 19.4. The van der Waals surface area contributed by atoms with Crippen LogP contribution in [-0.2, 0) is 6.54 Å². The Morgan fingerprint density at radius 3 is 2.65 bits per heavy atom. The maximum Gasteiger partial charge on any atom is 0.225 e. The number of rotatable bonds is 3. The van der Waals surface area contributed by atoms with Gasteiger partial charge < -0.3 is 10.2 Å². The summed E-state index contributed by atoms with van der Waals surface area (Å²) >= 11 is 0. The van der Waals surface area contributed by atoms with Crippen molar-refractivity contribution in [3.8, 4) is 0 Å². The molecule has 0 amide bonds. The Bertz CT molecular complexity index is 358. The minimum atomic E-state index is 0.380. The fourth-order valence-electron chi connectivity index (χ4n) is 2.40. The minimum Gasteiger partial charge on any atom is -0.340 e. The zero-order valence-electron chi connectivity index (χ0n) is 11.0. The number of aromatic nitrogens is 2. The maximum atomic E-state index is 4.46. The number of nitrogens with zero attached hydrogens (tertiary/aromatic N) is 3. The third kappa shape index (κ3) is 3.16. The summed E-state index contributed by atoms with van der Waals surface area (Å²) in [6, 6.07) is 0. The molecule has 4 heteroatoms. The number of hydrogen-bond donors (Lipinski definition) is 1. The third-order valence-electron chi connectivity index (χ3n) is 3.26. The second kappa shape index (κ2) is 5.00. The second-order valence-corrected chi connectivity index (χ2v) is 5.61. The molecule has 1 fully saturated rings. The largest absolute Gasteiger partial charge is 0.340 e. The van der Waals surface area contributed by atoms with Crippen molar-refractivity contribution >= 4 is 5.95 Å². The summed E-state index contributed by atoms with van der Waals surface area (Å²) in [5, 5.41) is 3.10. The Labute approximate surface area is 103 Å². The van der Waals surface area contributed by atoms with Crippen LogP contribution >= 0.6 is 0 Å². The van der Waals surface area contributed by atoms with Gasteiger partial charge in [-0.15, -0.1) is 0 Å². The molecule has 0 aromatic carbocycles. The van der Waals surface area contributed by atoms with E-state index >= 15 is 0 Å². The average Bonchev–Trinajstić information content (AvgIpc) is 2.29. The first-order chi connectivity index (χ1) is 8.11. The highest BCUT2D eigenvalue weighted by Gasteiger charge is 2.27. The van der Waals surface area contributed by atoms with Crippen LogP contribution in [0.25, 0.3) is 0 Å². The lowest BCUT2D eigenvalue weighted by atomic mass is 9.84. The van der Waals surface area contributed by atoms with Crippen molar-refractivity contribution in [2.24, 2.45) is 5.41 Å². The van der Waals surface area contributed by atoms with Crippen LogP contribution in [0, 0.1) is 5.41 Å². The molecule has 2 heterocycles. The van der Waals surface area contributed by atoms with Gasteiger partial charge >= 0.3 is 0 Å². The number of anilines is 1. The first-order valence-corrected chi connectivity index (χ1v) is 6.31. The fraction of sp³-hybridized carbons (Fsp3) is 0.692. The molecule has 2 rings (SSSR count). The van der Waals surface area contributed by atoms with E-state index in [-0.39, 0.29) is 0 Å². The lowest BCUT2D eigenvalue weighted by Crippen LogP contribution is -2.41. The monoisotopic (exact) mass is 234 g/mol. The molecule has 0 spiro atoms. The Hall–Kier alpha value is -1.16. The highest BCUT2D eigenvalue weighted by atomic mass is 15.3. The maximum absolute atomic E-state index is 4.46. The van der Waals surface area contributed by atoms with E-state index in [9.17, 15) is 0 Å². The molecule has 1 aliphatic heterocycles. The van der Waals surface area contributed by atoms with Gasteiger partial charge in [-0.3, -0.25) is 0 Å². The first kappa shape index (κ1) is 12.3. The van der Waals surface area contributed by atoms with Crippen molar-refractivity contribution in [2.45, 2.75) is 33.2 Å².